The van der Waals surface area contributed by atoms with E-state index in [1.165, 1.54) is 6.07 Å². The number of nitrogens with one attached hydrogen (secondary N) is 1. The highest BCUT2D eigenvalue weighted by Gasteiger charge is 2.39. The molecule has 2 nitrogen and oxygen atoms in total. The summed E-state index contributed by atoms with van der Waals surface area (Å²) in [5.41, 5.74) is 1.90. The van der Waals surface area contributed by atoms with Gasteiger partial charge in [0.05, 0.1) is 11.7 Å². The van der Waals surface area contributed by atoms with Crippen LogP contribution < -0.4 is 5.32 Å². The molecule has 3 rings (SSSR count). The largest absolute Gasteiger partial charge is 0.375 e. The fraction of sp³-hybridized carbons (Fsp3) is 0.235. The fourth-order valence-corrected chi connectivity index (χ4v) is 3.32. The maximum absolute atomic E-state index is 14.1. The highest BCUT2D eigenvalue weighted by atomic mass is 19.1. The molecule has 1 N–H and O–H groups in total. The highest BCUT2D eigenvalue weighted by molar-refractivity contribution is 5.61. The van der Waals surface area contributed by atoms with Crippen LogP contribution in [0, 0.1) is 17.6 Å². The summed E-state index contributed by atoms with van der Waals surface area (Å²) in [5.74, 6) is -0.907. The zero-order valence-electron chi connectivity index (χ0n) is 11.5. The van der Waals surface area contributed by atoms with Gasteiger partial charge < -0.3 is 5.32 Å². The van der Waals surface area contributed by atoms with E-state index in [1.807, 2.05) is 6.08 Å². The molecule has 21 heavy (non-hydrogen) atoms. The maximum Gasteiger partial charge on any atom is 0.149 e. The van der Waals surface area contributed by atoms with E-state index in [0.29, 0.717) is 11.3 Å². The molecule has 1 heterocycles. The molecule has 0 saturated carbocycles. The van der Waals surface area contributed by atoms with Crippen molar-refractivity contribution in [3.8, 4) is 0 Å². The van der Waals surface area contributed by atoms with E-state index >= 15 is 0 Å². The number of allylic oxidation sites excluding steroid dienone is 2. The van der Waals surface area contributed by atoms with Crippen LogP contribution in [0.5, 0.6) is 0 Å². The van der Waals surface area contributed by atoms with Crippen LogP contribution >= 0.6 is 0 Å². The Morgan fingerprint density at radius 2 is 2.19 bits per heavy atom. The molecule has 3 atom stereocenters. The smallest absolute Gasteiger partial charge is 0.149 e. The normalized spacial score (nSPS) is 26.8. The molecule has 1 aromatic carbocycles. The van der Waals surface area contributed by atoms with E-state index in [2.05, 4.69) is 29.7 Å². The zero-order valence-corrected chi connectivity index (χ0v) is 11.5. The number of halogens is 2. The molecule has 0 fully saturated rings. The number of nitrogens with zero attached hydrogens (tertiary/aromatic N) is 1. The van der Waals surface area contributed by atoms with Crippen molar-refractivity contribution in [1.82, 2.24) is 0 Å². The van der Waals surface area contributed by atoms with Gasteiger partial charge in [0.25, 0.3) is 0 Å². The summed E-state index contributed by atoms with van der Waals surface area (Å²) in [4.78, 5) is 3.79. The first-order valence-corrected chi connectivity index (χ1v) is 6.86. The van der Waals surface area contributed by atoms with Crippen molar-refractivity contribution < 1.29 is 8.78 Å². The molecule has 3 unspecified atom stereocenters. The van der Waals surface area contributed by atoms with Gasteiger partial charge in [0.15, 0.2) is 0 Å². The van der Waals surface area contributed by atoms with Crippen LogP contribution in [0.2, 0.25) is 0 Å². The molecule has 4 heteroatoms. The first-order valence-electron chi connectivity index (χ1n) is 6.86. The monoisotopic (exact) mass is 286 g/mol. The Morgan fingerprint density at radius 3 is 2.90 bits per heavy atom. The Hall–Kier alpha value is -2.23. The lowest BCUT2D eigenvalue weighted by atomic mass is 9.77. The van der Waals surface area contributed by atoms with Crippen molar-refractivity contribution in [2.45, 2.75) is 18.4 Å². The van der Waals surface area contributed by atoms with Gasteiger partial charge in [0, 0.05) is 18.2 Å². The standard InChI is InChI=1S/C17H16F2N2/c1-3-10(9-20-2)16-13-6-4-5-12(13)14-7-11(18)8-15(19)17(14)21-16/h3-5,7-9,12-13,16,21H,1-2,6H2/b10-9+. The second kappa shape index (κ2) is 5.28. The van der Waals surface area contributed by atoms with E-state index < -0.39 is 11.6 Å². The van der Waals surface area contributed by atoms with Crippen LogP contribution in [0.25, 0.3) is 0 Å². The molecule has 1 aliphatic carbocycles. The third-order valence-electron chi connectivity index (χ3n) is 4.22. The second-order valence-corrected chi connectivity index (χ2v) is 5.34. The minimum Gasteiger partial charge on any atom is -0.375 e. The molecule has 2 aliphatic rings. The van der Waals surface area contributed by atoms with Crippen LogP contribution in [0.3, 0.4) is 0 Å². The van der Waals surface area contributed by atoms with Crippen LogP contribution in [0.15, 0.2) is 53.7 Å². The quantitative estimate of drug-likeness (QED) is 0.503. The molecule has 0 aromatic heterocycles. The van der Waals surface area contributed by atoms with E-state index in [0.717, 1.165) is 18.1 Å². The number of anilines is 1. The average Bonchev–Trinajstić information content (AvgIpc) is 2.94. The number of benzene rings is 1. The number of aliphatic imine (C=N–C) groups is 1. The third-order valence-corrected chi connectivity index (χ3v) is 4.22. The van der Waals surface area contributed by atoms with E-state index in [4.69, 9.17) is 0 Å². The molecular weight excluding hydrogens is 270 g/mol. The van der Waals surface area contributed by atoms with Gasteiger partial charge in [0.1, 0.15) is 11.6 Å². The maximum atomic E-state index is 14.1. The Bertz CT molecular complexity index is 661. The van der Waals surface area contributed by atoms with Gasteiger partial charge in [-0.1, -0.05) is 24.8 Å². The van der Waals surface area contributed by atoms with Crippen molar-refractivity contribution in [3.63, 3.8) is 0 Å². The predicted octanol–water partition coefficient (Wildman–Crippen LogP) is 4.19. The summed E-state index contributed by atoms with van der Waals surface area (Å²) in [5, 5.41) is 3.19. The van der Waals surface area contributed by atoms with Crippen molar-refractivity contribution in [2.24, 2.45) is 10.9 Å². The minimum atomic E-state index is -0.566. The lowest BCUT2D eigenvalue weighted by molar-refractivity contribution is 0.445. The number of hydrogen-bond acceptors (Lipinski definition) is 2. The summed E-state index contributed by atoms with van der Waals surface area (Å²) in [7, 11) is 0. The molecule has 0 amide bonds. The Balaban J connectivity index is 2.11. The Morgan fingerprint density at radius 1 is 1.38 bits per heavy atom. The highest BCUT2D eigenvalue weighted by Crippen LogP contribution is 2.47. The van der Waals surface area contributed by atoms with Gasteiger partial charge in [-0.15, -0.1) is 0 Å². The number of hydrogen-bond donors (Lipinski definition) is 1. The summed E-state index contributed by atoms with van der Waals surface area (Å²) < 4.78 is 27.6. The van der Waals surface area contributed by atoms with Crippen LogP contribution in [-0.4, -0.2) is 12.8 Å². The van der Waals surface area contributed by atoms with Gasteiger partial charge in [-0.25, -0.2) is 8.78 Å². The fourth-order valence-electron chi connectivity index (χ4n) is 3.32. The molecule has 108 valence electrons. The molecule has 0 saturated heterocycles. The van der Waals surface area contributed by atoms with E-state index in [1.54, 1.807) is 12.3 Å². The van der Waals surface area contributed by atoms with E-state index in [9.17, 15) is 8.78 Å². The molecule has 1 aromatic rings. The molecular formula is C17H16F2N2. The van der Waals surface area contributed by atoms with Crippen molar-refractivity contribution in [1.29, 1.82) is 0 Å². The number of fused-ring (bicyclic) bond motifs is 3. The summed E-state index contributed by atoms with van der Waals surface area (Å²) in [6.07, 6.45) is 8.27. The predicted molar refractivity (Wildman–Crippen MR) is 81.6 cm³/mol. The molecule has 1 aliphatic heterocycles. The van der Waals surface area contributed by atoms with Crippen molar-refractivity contribution >= 4 is 12.4 Å². The van der Waals surface area contributed by atoms with Crippen LogP contribution in [-0.2, 0) is 0 Å². The minimum absolute atomic E-state index is 0.00427. The Labute approximate surface area is 122 Å². The molecule has 0 spiro atoms. The van der Waals surface area contributed by atoms with E-state index in [-0.39, 0.29) is 17.9 Å². The summed E-state index contributed by atoms with van der Waals surface area (Å²) in [6.45, 7) is 7.25. The first kappa shape index (κ1) is 13.7. The van der Waals surface area contributed by atoms with Crippen molar-refractivity contribution in [3.05, 3.63) is 65.9 Å². The molecule has 0 bridgehead atoms. The van der Waals surface area contributed by atoms with Gasteiger partial charge in [-0.3, -0.25) is 4.99 Å². The van der Waals surface area contributed by atoms with Gasteiger partial charge >= 0.3 is 0 Å². The average molecular weight is 286 g/mol. The zero-order chi connectivity index (χ0) is 15.0. The second-order valence-electron chi connectivity index (χ2n) is 5.34. The topological polar surface area (TPSA) is 24.4 Å². The lowest BCUT2D eigenvalue weighted by Gasteiger charge is -2.37. The van der Waals surface area contributed by atoms with Gasteiger partial charge in [-0.05, 0) is 36.3 Å². The SMILES string of the molecule is C=C/C(=C\N=C)C1Nc2c(F)cc(F)cc2C2C=CCC12. The van der Waals surface area contributed by atoms with Crippen LogP contribution in [0.4, 0.5) is 14.5 Å². The molecule has 0 radical (unpaired) electrons. The third kappa shape index (κ3) is 2.20. The van der Waals surface area contributed by atoms with Crippen molar-refractivity contribution in [2.75, 3.05) is 5.32 Å². The lowest BCUT2D eigenvalue weighted by Crippen LogP contribution is -2.37. The van der Waals surface area contributed by atoms with Gasteiger partial charge in [0.2, 0.25) is 0 Å². The summed E-state index contributed by atoms with van der Waals surface area (Å²) >= 11 is 0. The van der Waals surface area contributed by atoms with Crippen LogP contribution in [0.1, 0.15) is 17.9 Å². The Kier molecular flexibility index (Phi) is 3.45. The summed E-state index contributed by atoms with van der Waals surface area (Å²) in [6, 6.07) is 2.21. The van der Waals surface area contributed by atoms with Gasteiger partial charge in [-0.2, -0.15) is 0 Å². The number of rotatable bonds is 3. The first-order chi connectivity index (χ1) is 10.2.